The van der Waals surface area contributed by atoms with Crippen molar-refractivity contribution in [3.8, 4) is 55.6 Å². The van der Waals surface area contributed by atoms with E-state index in [2.05, 4.69) is 291 Å². The van der Waals surface area contributed by atoms with Gasteiger partial charge in [0.2, 0.25) is 0 Å². The minimum Gasteiger partial charge on any atom is -0.310 e. The maximum atomic E-state index is 2.47. The highest BCUT2D eigenvalue weighted by atomic mass is 15.2. The summed E-state index contributed by atoms with van der Waals surface area (Å²) in [6, 6.07) is 99.1. The van der Waals surface area contributed by atoms with Crippen LogP contribution in [0.4, 0.5) is 34.1 Å². The van der Waals surface area contributed by atoms with Gasteiger partial charge in [0.05, 0.1) is 5.41 Å². The van der Waals surface area contributed by atoms with Crippen molar-refractivity contribution in [3.05, 3.63) is 300 Å². The van der Waals surface area contributed by atoms with Crippen molar-refractivity contribution in [3.63, 3.8) is 0 Å². The van der Waals surface area contributed by atoms with Gasteiger partial charge >= 0.3 is 0 Å². The van der Waals surface area contributed by atoms with Crippen LogP contribution >= 0.6 is 0 Å². The molecule has 0 fully saturated rings. The molecule has 0 amide bonds. The van der Waals surface area contributed by atoms with Crippen molar-refractivity contribution < 1.29 is 0 Å². The molecule has 3 aliphatic rings. The Morgan fingerprint density at radius 2 is 0.611 bits per heavy atom. The van der Waals surface area contributed by atoms with Crippen LogP contribution < -0.4 is 9.80 Å². The summed E-state index contributed by atoms with van der Waals surface area (Å²) in [6.45, 7) is 4.74. The van der Waals surface area contributed by atoms with Crippen LogP contribution in [0.2, 0.25) is 0 Å². The number of hydrogen-bond donors (Lipinski definition) is 0. The van der Waals surface area contributed by atoms with E-state index in [1.54, 1.807) is 0 Å². The number of nitrogens with zero attached hydrogens (tertiary/aromatic N) is 2. The van der Waals surface area contributed by atoms with E-state index < -0.39 is 5.41 Å². The highest BCUT2D eigenvalue weighted by Crippen LogP contribution is 2.63. The lowest BCUT2D eigenvalue weighted by molar-refractivity contribution is 0.660. The molecule has 72 heavy (non-hydrogen) atoms. The van der Waals surface area contributed by atoms with Gasteiger partial charge in [-0.1, -0.05) is 208 Å². The van der Waals surface area contributed by atoms with Gasteiger partial charge in [0, 0.05) is 39.5 Å². The second-order valence-electron chi connectivity index (χ2n) is 20.0. The van der Waals surface area contributed by atoms with Gasteiger partial charge in [-0.2, -0.15) is 0 Å². The quantitative estimate of drug-likeness (QED) is 0.150. The molecule has 0 unspecified atom stereocenters. The lowest BCUT2D eigenvalue weighted by Gasteiger charge is -2.31. The van der Waals surface area contributed by atoms with E-state index >= 15 is 0 Å². The summed E-state index contributed by atoms with van der Waals surface area (Å²) < 4.78 is 0. The first-order valence-corrected chi connectivity index (χ1v) is 25.2. The van der Waals surface area contributed by atoms with Gasteiger partial charge < -0.3 is 9.80 Å². The minimum absolute atomic E-state index is 0.173. The molecule has 1 spiro atoms. The van der Waals surface area contributed by atoms with Gasteiger partial charge in [-0.15, -0.1) is 0 Å². The standard InChI is InChI=1S/C70H50N2/c1-69(2)63-30-16-12-26-57(63)61-40-39-54(46-68(61)69)72(53-37-34-48(35-38-53)47-20-6-3-7-21-47)56-43-50(42-55(45-56)71(51-22-8-4-9-23-51)52-24-10-5-11-25-52)49-36-41-67-62(44-49)60-29-15-19-33-66(60)70(67)64-31-17-13-27-58(64)59-28-14-18-32-65(59)70/h3-46H,1-2H3. The lowest BCUT2D eigenvalue weighted by Crippen LogP contribution is -2.25. The van der Waals surface area contributed by atoms with Crippen molar-refractivity contribution in [1.82, 2.24) is 0 Å². The van der Waals surface area contributed by atoms with Gasteiger partial charge in [-0.05, 0) is 162 Å². The normalized spacial score (nSPS) is 13.6. The fraction of sp³-hybridized carbons (Fsp3) is 0.0571. The van der Waals surface area contributed by atoms with E-state index in [0.29, 0.717) is 0 Å². The zero-order valence-corrected chi connectivity index (χ0v) is 40.3. The fourth-order valence-electron chi connectivity index (χ4n) is 12.6. The van der Waals surface area contributed by atoms with Crippen LogP contribution in [0.15, 0.2) is 267 Å². The van der Waals surface area contributed by atoms with Gasteiger partial charge in [0.25, 0.3) is 0 Å². The molecule has 2 heteroatoms. The number of para-hydroxylation sites is 2. The monoisotopic (exact) mass is 918 g/mol. The Labute approximate surface area is 422 Å². The third-order valence-corrected chi connectivity index (χ3v) is 15.8. The molecule has 0 saturated heterocycles. The third-order valence-electron chi connectivity index (χ3n) is 15.8. The smallest absolute Gasteiger partial charge is 0.0725 e. The van der Waals surface area contributed by atoms with E-state index in [9.17, 15) is 0 Å². The summed E-state index contributed by atoms with van der Waals surface area (Å²) in [5, 5.41) is 0. The largest absolute Gasteiger partial charge is 0.310 e. The first-order valence-electron chi connectivity index (χ1n) is 25.2. The van der Waals surface area contributed by atoms with Crippen LogP contribution in [-0.4, -0.2) is 0 Å². The molecule has 0 bridgehead atoms. The molecule has 3 aliphatic carbocycles. The molecule has 2 nitrogen and oxygen atoms in total. The van der Waals surface area contributed by atoms with Gasteiger partial charge in [0.1, 0.15) is 0 Å². The molecule has 0 saturated carbocycles. The molecule has 11 aromatic carbocycles. The molecule has 340 valence electrons. The summed E-state index contributed by atoms with van der Waals surface area (Å²) >= 11 is 0. The molecular formula is C70H50N2. The zero-order valence-electron chi connectivity index (χ0n) is 40.3. The Bertz CT molecular complexity index is 3800. The fourth-order valence-corrected chi connectivity index (χ4v) is 12.6. The van der Waals surface area contributed by atoms with Crippen LogP contribution in [0.25, 0.3) is 55.6 Å². The molecule has 14 rings (SSSR count). The van der Waals surface area contributed by atoms with E-state index in [1.807, 2.05) is 0 Å². The van der Waals surface area contributed by atoms with Crippen LogP contribution in [0.3, 0.4) is 0 Å². The molecule has 11 aromatic rings. The lowest BCUT2D eigenvalue weighted by atomic mass is 9.70. The second-order valence-corrected chi connectivity index (χ2v) is 20.0. The maximum absolute atomic E-state index is 2.47. The van der Waals surface area contributed by atoms with Gasteiger partial charge in [-0.3, -0.25) is 0 Å². The third kappa shape index (κ3) is 6.28. The predicted octanol–water partition coefficient (Wildman–Crippen LogP) is 18.6. The van der Waals surface area contributed by atoms with Crippen LogP contribution in [0, 0.1) is 0 Å². The molecule has 0 radical (unpaired) electrons. The van der Waals surface area contributed by atoms with Crippen LogP contribution in [0.1, 0.15) is 47.2 Å². The number of anilines is 6. The van der Waals surface area contributed by atoms with Crippen molar-refractivity contribution in [2.45, 2.75) is 24.7 Å². The van der Waals surface area contributed by atoms with Crippen molar-refractivity contribution in [1.29, 1.82) is 0 Å². The van der Waals surface area contributed by atoms with Crippen LogP contribution in [0.5, 0.6) is 0 Å². The van der Waals surface area contributed by atoms with Crippen LogP contribution in [-0.2, 0) is 10.8 Å². The highest BCUT2D eigenvalue weighted by molar-refractivity contribution is 5.97. The topological polar surface area (TPSA) is 6.48 Å². The van der Waals surface area contributed by atoms with Gasteiger partial charge in [-0.25, -0.2) is 0 Å². The average Bonchev–Trinajstić information content (AvgIpc) is 4.00. The highest BCUT2D eigenvalue weighted by Gasteiger charge is 2.51. The van der Waals surface area contributed by atoms with Crippen molar-refractivity contribution >= 4 is 34.1 Å². The number of rotatable bonds is 8. The number of benzene rings is 11. The minimum atomic E-state index is -0.411. The van der Waals surface area contributed by atoms with Crippen molar-refractivity contribution in [2.24, 2.45) is 0 Å². The first-order chi connectivity index (χ1) is 35.5. The summed E-state index contributed by atoms with van der Waals surface area (Å²) in [5.41, 5.74) is 26.5. The first kappa shape index (κ1) is 41.9. The molecule has 0 heterocycles. The Kier molecular flexibility index (Phi) is 9.50. The molecule has 0 N–H and O–H groups in total. The Hall–Kier alpha value is -8.98. The summed E-state index contributed by atoms with van der Waals surface area (Å²) in [7, 11) is 0. The Balaban J connectivity index is 1.01. The van der Waals surface area contributed by atoms with E-state index in [1.165, 1.54) is 77.9 Å². The second kappa shape index (κ2) is 16.3. The molecule has 0 aromatic heterocycles. The van der Waals surface area contributed by atoms with E-state index in [0.717, 1.165) is 45.3 Å². The SMILES string of the molecule is CC1(C)c2ccccc2-c2ccc(N(c3ccc(-c4ccccc4)cc3)c3cc(-c4ccc5c(c4)-c4ccccc4C54c5ccccc5-c5ccccc54)cc(N(c4ccccc4)c4ccccc4)c3)cc21. The Morgan fingerprint density at radius 3 is 1.18 bits per heavy atom. The van der Waals surface area contributed by atoms with Gasteiger partial charge in [0.15, 0.2) is 0 Å². The number of fused-ring (bicyclic) bond motifs is 13. The van der Waals surface area contributed by atoms with Crippen molar-refractivity contribution in [2.75, 3.05) is 9.80 Å². The average molecular weight is 919 g/mol. The zero-order chi connectivity index (χ0) is 48.0. The summed E-state index contributed by atoms with van der Waals surface area (Å²) in [6.07, 6.45) is 0. The molecular weight excluding hydrogens is 869 g/mol. The maximum Gasteiger partial charge on any atom is 0.0725 e. The number of hydrogen-bond acceptors (Lipinski definition) is 2. The summed E-state index contributed by atoms with van der Waals surface area (Å²) in [4.78, 5) is 4.87. The summed E-state index contributed by atoms with van der Waals surface area (Å²) in [5.74, 6) is 0. The molecule has 0 atom stereocenters. The Morgan fingerprint density at radius 1 is 0.222 bits per heavy atom. The molecule has 0 aliphatic heterocycles. The van der Waals surface area contributed by atoms with E-state index in [4.69, 9.17) is 0 Å². The van der Waals surface area contributed by atoms with E-state index in [-0.39, 0.29) is 5.41 Å². The predicted molar refractivity (Wildman–Crippen MR) is 301 cm³/mol.